The summed E-state index contributed by atoms with van der Waals surface area (Å²) in [4.78, 5) is 2.26. The van der Waals surface area contributed by atoms with Gasteiger partial charge in [-0.1, -0.05) is 0 Å². The van der Waals surface area contributed by atoms with Crippen molar-refractivity contribution in [3.63, 3.8) is 0 Å². The lowest BCUT2D eigenvalue weighted by Gasteiger charge is -2.11. The highest BCUT2D eigenvalue weighted by Gasteiger charge is 2.40. The Morgan fingerprint density at radius 2 is 2.12 bits per heavy atom. The maximum Gasteiger partial charge on any atom is 0.124 e. The molecule has 90 valence electrons. The highest BCUT2D eigenvalue weighted by atomic mass is 19.1. The Morgan fingerprint density at radius 3 is 2.76 bits per heavy atom. The number of halogens is 1. The molecule has 2 aromatic rings. The van der Waals surface area contributed by atoms with Crippen molar-refractivity contribution in [1.29, 1.82) is 0 Å². The number of aromatic nitrogens is 1. The van der Waals surface area contributed by atoms with Gasteiger partial charge in [-0.3, -0.25) is 0 Å². The van der Waals surface area contributed by atoms with E-state index in [0.717, 1.165) is 10.9 Å². The van der Waals surface area contributed by atoms with Crippen LogP contribution in [0, 0.1) is 12.7 Å². The van der Waals surface area contributed by atoms with Crippen molar-refractivity contribution >= 4 is 10.9 Å². The summed E-state index contributed by atoms with van der Waals surface area (Å²) in [6, 6.07) is 6.41. The van der Waals surface area contributed by atoms with Gasteiger partial charge in [-0.15, -0.1) is 0 Å². The minimum atomic E-state index is -0.146. The standard InChI is InChI=1S/C14H17FN2/c1-9-6-11(15)7-10-4-5-17(14(9)10)13-8-12(13)16(2)3/h4-7,12-13H,8H2,1-3H3. The van der Waals surface area contributed by atoms with E-state index in [1.165, 1.54) is 11.9 Å². The highest BCUT2D eigenvalue weighted by molar-refractivity contribution is 5.83. The molecule has 2 nitrogen and oxygen atoms in total. The first-order valence-electron chi connectivity index (χ1n) is 6.01. The van der Waals surface area contributed by atoms with Crippen LogP contribution >= 0.6 is 0 Å². The lowest BCUT2D eigenvalue weighted by atomic mass is 10.1. The van der Waals surface area contributed by atoms with Crippen molar-refractivity contribution in [3.05, 3.63) is 35.8 Å². The van der Waals surface area contributed by atoms with E-state index >= 15 is 0 Å². The molecule has 0 bridgehead atoms. The molecule has 0 radical (unpaired) electrons. The number of hydrogen-bond acceptors (Lipinski definition) is 1. The predicted octanol–water partition coefficient (Wildman–Crippen LogP) is 2.96. The van der Waals surface area contributed by atoms with Crippen LogP contribution < -0.4 is 0 Å². The number of hydrogen-bond donors (Lipinski definition) is 0. The van der Waals surface area contributed by atoms with Crippen LogP contribution in [0.15, 0.2) is 24.4 Å². The summed E-state index contributed by atoms with van der Waals surface area (Å²) in [6.45, 7) is 1.98. The van der Waals surface area contributed by atoms with Crippen molar-refractivity contribution in [2.24, 2.45) is 0 Å². The lowest BCUT2D eigenvalue weighted by molar-refractivity contribution is 0.377. The second-order valence-electron chi connectivity index (χ2n) is 5.22. The summed E-state index contributed by atoms with van der Waals surface area (Å²) >= 11 is 0. The number of nitrogens with zero attached hydrogens (tertiary/aromatic N) is 2. The number of fused-ring (bicyclic) bond motifs is 1. The third kappa shape index (κ3) is 1.65. The van der Waals surface area contributed by atoms with Gasteiger partial charge < -0.3 is 9.47 Å². The number of aryl methyl sites for hydroxylation is 1. The lowest BCUT2D eigenvalue weighted by Crippen LogP contribution is -2.17. The summed E-state index contributed by atoms with van der Waals surface area (Å²) in [5.74, 6) is -0.146. The van der Waals surface area contributed by atoms with Crippen LogP contribution in [0.5, 0.6) is 0 Å². The molecule has 3 rings (SSSR count). The van der Waals surface area contributed by atoms with Crippen molar-refractivity contribution < 1.29 is 4.39 Å². The maximum atomic E-state index is 13.3. The largest absolute Gasteiger partial charge is 0.343 e. The fourth-order valence-electron chi connectivity index (χ4n) is 2.78. The Labute approximate surface area is 101 Å². The molecule has 2 unspecified atom stereocenters. The molecule has 17 heavy (non-hydrogen) atoms. The minimum absolute atomic E-state index is 0.146. The Hall–Kier alpha value is -1.35. The molecular weight excluding hydrogens is 215 g/mol. The molecule has 0 N–H and O–H groups in total. The van der Waals surface area contributed by atoms with Gasteiger partial charge >= 0.3 is 0 Å². The van der Waals surface area contributed by atoms with E-state index in [2.05, 4.69) is 29.8 Å². The average Bonchev–Trinajstić information content (AvgIpc) is 2.93. The first-order valence-corrected chi connectivity index (χ1v) is 6.01. The highest BCUT2D eigenvalue weighted by Crippen LogP contribution is 2.41. The zero-order valence-corrected chi connectivity index (χ0v) is 10.4. The van der Waals surface area contributed by atoms with E-state index in [9.17, 15) is 4.39 Å². The van der Waals surface area contributed by atoms with Gasteiger partial charge in [0.05, 0.1) is 11.6 Å². The summed E-state index contributed by atoms with van der Waals surface area (Å²) in [5, 5.41) is 1.01. The molecule has 0 saturated heterocycles. The number of rotatable bonds is 2. The van der Waals surface area contributed by atoms with Gasteiger partial charge in [-0.05, 0) is 51.2 Å². The van der Waals surface area contributed by atoms with Crippen LogP contribution in [0.2, 0.25) is 0 Å². The molecule has 0 aliphatic heterocycles. The molecule has 3 heteroatoms. The zero-order valence-electron chi connectivity index (χ0n) is 10.4. The SMILES string of the molecule is Cc1cc(F)cc2ccn(C3CC3N(C)C)c12. The molecule has 1 heterocycles. The molecule has 0 amide bonds. The van der Waals surface area contributed by atoms with Gasteiger partial charge in [0.1, 0.15) is 5.82 Å². The third-order valence-electron chi connectivity index (χ3n) is 3.71. The quantitative estimate of drug-likeness (QED) is 0.773. The van der Waals surface area contributed by atoms with Gasteiger partial charge in [0.25, 0.3) is 0 Å². The molecule has 1 fully saturated rings. The predicted molar refractivity (Wildman–Crippen MR) is 67.8 cm³/mol. The monoisotopic (exact) mass is 232 g/mol. The molecular formula is C14H17FN2. The van der Waals surface area contributed by atoms with Gasteiger partial charge in [-0.25, -0.2) is 4.39 Å². The van der Waals surface area contributed by atoms with Crippen molar-refractivity contribution in [3.8, 4) is 0 Å². The van der Waals surface area contributed by atoms with E-state index in [1.54, 1.807) is 12.1 Å². The molecule has 1 aliphatic rings. The molecule has 2 atom stereocenters. The van der Waals surface area contributed by atoms with Crippen molar-refractivity contribution in [1.82, 2.24) is 9.47 Å². The van der Waals surface area contributed by atoms with Gasteiger partial charge in [0, 0.05) is 17.6 Å². The Kier molecular flexibility index (Phi) is 2.26. The molecule has 1 aliphatic carbocycles. The van der Waals surface area contributed by atoms with Crippen LogP contribution in [-0.4, -0.2) is 29.6 Å². The molecule has 1 aromatic carbocycles. The fourth-order valence-corrected chi connectivity index (χ4v) is 2.78. The number of likely N-dealkylation sites (N-methyl/N-ethyl adjacent to an activating group) is 1. The summed E-state index contributed by atoms with van der Waals surface area (Å²) in [6.07, 6.45) is 3.28. The van der Waals surface area contributed by atoms with Crippen molar-refractivity contribution in [2.45, 2.75) is 25.4 Å². The Morgan fingerprint density at radius 1 is 1.35 bits per heavy atom. The maximum absolute atomic E-state index is 13.3. The van der Waals surface area contributed by atoms with Gasteiger partial charge in [0.2, 0.25) is 0 Å². The zero-order chi connectivity index (χ0) is 12.2. The Balaban J connectivity index is 2.07. The molecule has 1 saturated carbocycles. The number of benzene rings is 1. The summed E-state index contributed by atoms with van der Waals surface area (Å²) < 4.78 is 15.6. The van der Waals surface area contributed by atoms with Gasteiger partial charge in [-0.2, -0.15) is 0 Å². The van der Waals surface area contributed by atoms with E-state index in [1.807, 2.05) is 13.0 Å². The van der Waals surface area contributed by atoms with Crippen LogP contribution in [0.4, 0.5) is 4.39 Å². The van der Waals surface area contributed by atoms with E-state index in [4.69, 9.17) is 0 Å². The first kappa shape index (κ1) is 10.8. The smallest absolute Gasteiger partial charge is 0.124 e. The average molecular weight is 232 g/mol. The minimum Gasteiger partial charge on any atom is -0.343 e. The fraction of sp³-hybridized carbons (Fsp3) is 0.429. The third-order valence-corrected chi connectivity index (χ3v) is 3.71. The second kappa shape index (κ2) is 3.57. The van der Waals surface area contributed by atoms with E-state index in [0.29, 0.717) is 12.1 Å². The second-order valence-corrected chi connectivity index (χ2v) is 5.22. The van der Waals surface area contributed by atoms with Gasteiger partial charge in [0.15, 0.2) is 0 Å². The topological polar surface area (TPSA) is 8.17 Å². The van der Waals surface area contributed by atoms with E-state index < -0.39 is 0 Å². The summed E-state index contributed by atoms with van der Waals surface area (Å²) in [7, 11) is 4.23. The van der Waals surface area contributed by atoms with Crippen LogP contribution in [0.1, 0.15) is 18.0 Å². The molecule has 0 spiro atoms. The normalized spacial score (nSPS) is 23.6. The van der Waals surface area contributed by atoms with Crippen LogP contribution in [0.25, 0.3) is 10.9 Å². The first-order chi connectivity index (χ1) is 8.08. The van der Waals surface area contributed by atoms with Crippen molar-refractivity contribution in [2.75, 3.05) is 14.1 Å². The molecule has 1 aromatic heterocycles. The summed E-state index contributed by atoms with van der Waals surface area (Å²) in [5.41, 5.74) is 2.20. The van der Waals surface area contributed by atoms with Crippen LogP contribution in [0.3, 0.4) is 0 Å². The van der Waals surface area contributed by atoms with E-state index in [-0.39, 0.29) is 5.82 Å². The van der Waals surface area contributed by atoms with Crippen LogP contribution in [-0.2, 0) is 0 Å². The Bertz CT molecular complexity index is 571.